The van der Waals surface area contributed by atoms with Crippen LogP contribution >= 0.6 is 0 Å². The highest BCUT2D eigenvalue weighted by molar-refractivity contribution is 5.98. The van der Waals surface area contributed by atoms with Crippen LogP contribution in [-0.4, -0.2) is 80.0 Å². The van der Waals surface area contributed by atoms with Gasteiger partial charge in [0.1, 0.15) is 5.60 Å². The van der Waals surface area contributed by atoms with Gasteiger partial charge in [-0.2, -0.15) is 4.52 Å². The third kappa shape index (κ3) is 6.59. The zero-order valence-corrected chi connectivity index (χ0v) is 22.9. The molecule has 2 aromatic heterocycles. The molecule has 1 aliphatic carbocycles. The van der Waals surface area contributed by atoms with E-state index in [0.29, 0.717) is 26.3 Å². The van der Waals surface area contributed by atoms with Crippen molar-refractivity contribution in [3.05, 3.63) is 27.6 Å². The third-order valence-corrected chi connectivity index (χ3v) is 6.06. The number of aromatic hydroxyl groups is 1. The van der Waals surface area contributed by atoms with Gasteiger partial charge >= 0.3 is 6.09 Å². The fourth-order valence-corrected chi connectivity index (χ4v) is 4.17. The highest BCUT2D eigenvalue weighted by Gasteiger charge is 2.31. The Labute approximate surface area is 225 Å². The lowest BCUT2D eigenvalue weighted by atomic mass is 10.2. The van der Waals surface area contributed by atoms with E-state index in [-0.39, 0.29) is 41.4 Å². The van der Waals surface area contributed by atoms with Crippen molar-refractivity contribution >= 4 is 35.4 Å². The molecule has 0 spiro atoms. The molecule has 0 bridgehead atoms. The number of rotatable bonds is 7. The topological polar surface area (TPSA) is 156 Å². The number of hydrogen-bond acceptors (Lipinski definition) is 8. The molecular weight excluding hydrogens is 508 g/mol. The monoisotopic (exact) mass is 544 g/mol. The Bertz CT molecular complexity index is 1360. The van der Waals surface area contributed by atoms with E-state index in [9.17, 15) is 24.3 Å². The zero-order chi connectivity index (χ0) is 28.5. The lowest BCUT2D eigenvalue weighted by Crippen LogP contribution is -2.39. The highest BCUT2D eigenvalue weighted by atomic mass is 16.6. The Balaban J connectivity index is 1.88. The maximum Gasteiger partial charge on any atom is 0.413 e. The molecule has 3 N–H and O–H groups in total. The number of carbonyl (C=O) groups excluding carboxylic acids is 3. The SMILES string of the molecule is CC(C)Cn1c(=O)c(C(=O)NC2CC2)c(O)n2nc(NC(=O)OC(C)(C)C)c(/C=C/C(=O)N3CCOCC3)c12. The number of fused-ring (bicyclic) bond motifs is 1. The minimum absolute atomic E-state index is 0.0284. The lowest BCUT2D eigenvalue weighted by Gasteiger charge is -2.25. The van der Waals surface area contributed by atoms with Gasteiger partial charge in [-0.1, -0.05) is 13.8 Å². The number of nitrogens with one attached hydrogen (secondary N) is 2. The van der Waals surface area contributed by atoms with Gasteiger partial charge in [0.15, 0.2) is 17.0 Å². The molecule has 1 saturated carbocycles. The molecule has 3 heterocycles. The van der Waals surface area contributed by atoms with Crippen molar-refractivity contribution in [2.75, 3.05) is 31.6 Å². The highest BCUT2D eigenvalue weighted by Crippen LogP contribution is 2.28. The van der Waals surface area contributed by atoms with Gasteiger partial charge < -0.3 is 24.8 Å². The van der Waals surface area contributed by atoms with Crippen LogP contribution in [-0.2, 0) is 20.8 Å². The fourth-order valence-electron chi connectivity index (χ4n) is 4.17. The van der Waals surface area contributed by atoms with E-state index in [0.717, 1.165) is 17.4 Å². The van der Waals surface area contributed by atoms with Crippen molar-refractivity contribution < 1.29 is 29.0 Å². The van der Waals surface area contributed by atoms with Crippen LogP contribution in [0.4, 0.5) is 10.6 Å². The molecule has 13 heteroatoms. The fraction of sp³-hybridized carbons (Fsp3) is 0.577. The van der Waals surface area contributed by atoms with Crippen LogP contribution in [0.2, 0.25) is 0 Å². The summed E-state index contributed by atoms with van der Waals surface area (Å²) in [7, 11) is 0. The van der Waals surface area contributed by atoms with Crippen molar-refractivity contribution in [2.24, 2.45) is 5.92 Å². The van der Waals surface area contributed by atoms with Gasteiger partial charge in [-0.25, -0.2) is 4.79 Å². The summed E-state index contributed by atoms with van der Waals surface area (Å²) in [5, 5.41) is 20.7. The summed E-state index contributed by atoms with van der Waals surface area (Å²) in [5.74, 6) is -1.74. The maximum absolute atomic E-state index is 13.6. The number of hydrogen-bond donors (Lipinski definition) is 3. The van der Waals surface area contributed by atoms with E-state index >= 15 is 0 Å². The summed E-state index contributed by atoms with van der Waals surface area (Å²) in [6.45, 7) is 10.8. The number of ether oxygens (including phenoxy) is 2. The average molecular weight is 545 g/mol. The van der Waals surface area contributed by atoms with E-state index in [1.54, 1.807) is 25.7 Å². The number of morpholine rings is 1. The van der Waals surface area contributed by atoms with Gasteiger partial charge in [0.05, 0.1) is 18.8 Å². The quantitative estimate of drug-likeness (QED) is 0.447. The van der Waals surface area contributed by atoms with Crippen LogP contribution in [0.5, 0.6) is 5.88 Å². The van der Waals surface area contributed by atoms with Gasteiger partial charge in [0.25, 0.3) is 11.5 Å². The normalized spacial score (nSPS) is 16.2. The first-order valence-corrected chi connectivity index (χ1v) is 13.1. The zero-order valence-electron chi connectivity index (χ0n) is 22.9. The van der Waals surface area contributed by atoms with E-state index < -0.39 is 34.6 Å². The van der Waals surface area contributed by atoms with E-state index in [1.165, 1.54) is 16.7 Å². The average Bonchev–Trinajstić information content (AvgIpc) is 3.58. The molecule has 3 amide bonds. The van der Waals surface area contributed by atoms with Gasteiger partial charge in [-0.15, -0.1) is 5.10 Å². The second kappa shape index (κ2) is 11.1. The van der Waals surface area contributed by atoms with Gasteiger partial charge in [0.2, 0.25) is 11.8 Å². The first-order valence-electron chi connectivity index (χ1n) is 13.1. The number of amides is 3. The molecular formula is C26H36N6O7. The standard InChI is InChI=1S/C26H36N6O7/c1-15(2)14-31-22-17(8-9-18(33)30-10-12-38-13-11-30)20(28-25(37)39-26(3,4)5)29-32(22)24(36)19(23(31)35)21(34)27-16-6-7-16/h8-9,15-16,36H,6-7,10-14H2,1-5H3,(H,27,34)(H,28,29,37)/b9-8+. The second-order valence-electron chi connectivity index (χ2n) is 11.2. The summed E-state index contributed by atoms with van der Waals surface area (Å²) in [6, 6.07) is -0.0442. The number of aromatic nitrogens is 3. The maximum atomic E-state index is 13.6. The van der Waals surface area contributed by atoms with E-state index in [2.05, 4.69) is 15.7 Å². The van der Waals surface area contributed by atoms with Crippen LogP contribution in [0.1, 0.15) is 63.4 Å². The molecule has 2 aliphatic rings. The number of anilines is 1. The molecule has 2 fully saturated rings. The number of carbonyl (C=O) groups is 3. The molecule has 39 heavy (non-hydrogen) atoms. The molecule has 0 aromatic carbocycles. The van der Waals surface area contributed by atoms with Crippen molar-refractivity contribution in [1.82, 2.24) is 24.4 Å². The first kappa shape index (κ1) is 28.1. The van der Waals surface area contributed by atoms with E-state index in [4.69, 9.17) is 9.47 Å². The third-order valence-electron chi connectivity index (χ3n) is 6.06. The molecule has 1 aliphatic heterocycles. The molecule has 4 rings (SSSR count). The van der Waals surface area contributed by atoms with Crippen LogP contribution in [0.15, 0.2) is 10.9 Å². The molecule has 13 nitrogen and oxygen atoms in total. The van der Waals surface area contributed by atoms with Crippen molar-refractivity contribution in [3.8, 4) is 5.88 Å². The van der Waals surface area contributed by atoms with Crippen LogP contribution in [0.25, 0.3) is 11.7 Å². The summed E-state index contributed by atoms with van der Waals surface area (Å²) in [4.78, 5) is 53.7. The first-order chi connectivity index (χ1) is 18.4. The van der Waals surface area contributed by atoms with Crippen LogP contribution in [0.3, 0.4) is 0 Å². The van der Waals surface area contributed by atoms with E-state index in [1.807, 2.05) is 13.8 Å². The van der Waals surface area contributed by atoms with Crippen LogP contribution < -0.4 is 16.2 Å². The van der Waals surface area contributed by atoms with Gasteiger partial charge in [-0.05, 0) is 45.6 Å². The second-order valence-corrected chi connectivity index (χ2v) is 11.2. The predicted molar refractivity (Wildman–Crippen MR) is 143 cm³/mol. The minimum atomic E-state index is -0.816. The van der Waals surface area contributed by atoms with Crippen molar-refractivity contribution in [1.29, 1.82) is 0 Å². The Hall–Kier alpha value is -3.87. The largest absolute Gasteiger partial charge is 0.492 e. The lowest BCUT2D eigenvalue weighted by molar-refractivity contribution is -0.129. The Morgan fingerprint density at radius 3 is 2.46 bits per heavy atom. The Morgan fingerprint density at radius 2 is 1.87 bits per heavy atom. The summed E-state index contributed by atoms with van der Waals surface area (Å²) < 4.78 is 13.0. The van der Waals surface area contributed by atoms with Crippen molar-refractivity contribution in [2.45, 2.75) is 65.6 Å². The van der Waals surface area contributed by atoms with Crippen LogP contribution in [0, 0.1) is 5.92 Å². The summed E-state index contributed by atoms with van der Waals surface area (Å²) in [5.41, 5.74) is -1.64. The molecule has 1 saturated heterocycles. The minimum Gasteiger partial charge on any atom is -0.492 e. The predicted octanol–water partition coefficient (Wildman–Crippen LogP) is 1.97. The molecule has 212 valence electrons. The Morgan fingerprint density at radius 1 is 1.21 bits per heavy atom. The molecule has 0 radical (unpaired) electrons. The number of nitrogens with zero attached hydrogens (tertiary/aromatic N) is 4. The molecule has 0 atom stereocenters. The van der Waals surface area contributed by atoms with Gasteiger partial charge in [-0.3, -0.25) is 24.3 Å². The van der Waals surface area contributed by atoms with Crippen molar-refractivity contribution in [3.63, 3.8) is 0 Å². The molecule has 2 aromatic rings. The molecule has 0 unspecified atom stereocenters. The smallest absolute Gasteiger partial charge is 0.413 e. The summed E-state index contributed by atoms with van der Waals surface area (Å²) in [6.07, 6.45) is 3.54. The Kier molecular flexibility index (Phi) is 8.00. The summed E-state index contributed by atoms with van der Waals surface area (Å²) >= 11 is 0. The van der Waals surface area contributed by atoms with Gasteiger partial charge in [0, 0.05) is 31.8 Å².